The van der Waals surface area contributed by atoms with Gasteiger partial charge < -0.3 is 10.1 Å². The van der Waals surface area contributed by atoms with Gasteiger partial charge >= 0.3 is 0 Å². The number of pyridine rings is 1. The Morgan fingerprint density at radius 2 is 2.00 bits per heavy atom. The molecule has 0 unspecified atom stereocenters. The number of benzene rings is 1. The Kier molecular flexibility index (Phi) is 5.18. The van der Waals surface area contributed by atoms with E-state index in [1.54, 1.807) is 13.3 Å². The first-order valence-electron chi connectivity index (χ1n) is 7.50. The fourth-order valence-electron chi connectivity index (χ4n) is 2.17. The van der Waals surface area contributed by atoms with Crippen molar-refractivity contribution in [2.75, 3.05) is 7.11 Å². The second kappa shape index (κ2) is 7.70. The van der Waals surface area contributed by atoms with Crippen molar-refractivity contribution in [2.24, 2.45) is 0 Å². The fraction of sp³-hybridized carbons (Fsp3) is 0.167. The third-order valence-corrected chi connectivity index (χ3v) is 4.36. The summed E-state index contributed by atoms with van der Waals surface area (Å²) in [6, 6.07) is 13.3. The topological polar surface area (TPSA) is 64.1 Å². The van der Waals surface area contributed by atoms with Gasteiger partial charge in [0.2, 0.25) is 5.91 Å². The van der Waals surface area contributed by atoms with Crippen LogP contribution in [0.15, 0.2) is 54.0 Å². The second-order valence-electron chi connectivity index (χ2n) is 5.15. The first-order chi connectivity index (χ1) is 11.7. The molecule has 24 heavy (non-hydrogen) atoms. The molecular weight excluding hydrogens is 322 g/mol. The van der Waals surface area contributed by atoms with Crippen LogP contribution in [-0.4, -0.2) is 23.0 Å². The zero-order valence-electron chi connectivity index (χ0n) is 13.2. The lowest BCUT2D eigenvalue weighted by Gasteiger charge is -2.03. The van der Waals surface area contributed by atoms with Gasteiger partial charge in [-0.2, -0.15) is 0 Å². The number of nitrogens with zero attached hydrogens (tertiary/aromatic N) is 2. The third kappa shape index (κ3) is 4.17. The summed E-state index contributed by atoms with van der Waals surface area (Å²) in [6.07, 6.45) is 1.97. The minimum Gasteiger partial charge on any atom is -0.497 e. The van der Waals surface area contributed by atoms with Crippen LogP contribution in [0.5, 0.6) is 5.75 Å². The highest BCUT2D eigenvalue weighted by Gasteiger charge is 2.09. The SMILES string of the molecule is COc1ccc(-c2nc(CC(=O)NCc3ccccn3)cs2)cc1. The zero-order chi connectivity index (χ0) is 16.8. The number of ether oxygens (including phenoxy) is 1. The van der Waals surface area contributed by atoms with E-state index < -0.39 is 0 Å². The summed E-state index contributed by atoms with van der Waals surface area (Å²) < 4.78 is 5.15. The number of hydrogen-bond acceptors (Lipinski definition) is 5. The monoisotopic (exact) mass is 339 g/mol. The van der Waals surface area contributed by atoms with Crippen molar-refractivity contribution in [1.82, 2.24) is 15.3 Å². The Morgan fingerprint density at radius 3 is 2.71 bits per heavy atom. The molecule has 3 aromatic rings. The van der Waals surface area contributed by atoms with E-state index in [0.29, 0.717) is 6.54 Å². The lowest BCUT2D eigenvalue weighted by Crippen LogP contribution is -2.25. The van der Waals surface area contributed by atoms with Crippen molar-refractivity contribution in [3.05, 3.63) is 65.4 Å². The summed E-state index contributed by atoms with van der Waals surface area (Å²) in [5.74, 6) is 0.747. The molecule has 0 saturated carbocycles. The number of amides is 1. The number of hydrogen-bond donors (Lipinski definition) is 1. The van der Waals surface area contributed by atoms with Crippen LogP contribution < -0.4 is 10.1 Å². The molecule has 5 nitrogen and oxygen atoms in total. The van der Waals surface area contributed by atoms with E-state index in [2.05, 4.69) is 15.3 Å². The lowest BCUT2D eigenvalue weighted by molar-refractivity contribution is -0.120. The average molecular weight is 339 g/mol. The van der Waals surface area contributed by atoms with Crippen LogP contribution in [0.3, 0.4) is 0 Å². The van der Waals surface area contributed by atoms with Crippen molar-refractivity contribution >= 4 is 17.2 Å². The molecule has 0 aliphatic carbocycles. The molecule has 0 aliphatic rings. The predicted molar refractivity (Wildman–Crippen MR) is 93.9 cm³/mol. The zero-order valence-corrected chi connectivity index (χ0v) is 14.0. The summed E-state index contributed by atoms with van der Waals surface area (Å²) in [6.45, 7) is 0.426. The Hall–Kier alpha value is -2.73. The predicted octanol–water partition coefficient (Wildman–Crippen LogP) is 3.07. The van der Waals surface area contributed by atoms with Crippen molar-refractivity contribution < 1.29 is 9.53 Å². The van der Waals surface area contributed by atoms with Gasteiger partial charge in [-0.3, -0.25) is 9.78 Å². The van der Waals surface area contributed by atoms with Gasteiger partial charge in [0.05, 0.1) is 31.5 Å². The van der Waals surface area contributed by atoms with Crippen LogP contribution >= 0.6 is 11.3 Å². The molecule has 2 aromatic heterocycles. The molecule has 3 rings (SSSR count). The molecule has 0 saturated heterocycles. The fourth-order valence-corrected chi connectivity index (χ4v) is 3.00. The van der Waals surface area contributed by atoms with Gasteiger partial charge in [0, 0.05) is 17.1 Å². The van der Waals surface area contributed by atoms with Gasteiger partial charge in [-0.25, -0.2) is 4.98 Å². The molecule has 0 spiro atoms. The van der Waals surface area contributed by atoms with Crippen molar-refractivity contribution in [2.45, 2.75) is 13.0 Å². The number of aromatic nitrogens is 2. The van der Waals surface area contributed by atoms with Gasteiger partial charge in [0.25, 0.3) is 0 Å². The average Bonchev–Trinajstić information content (AvgIpc) is 3.09. The van der Waals surface area contributed by atoms with Crippen molar-refractivity contribution in [3.8, 4) is 16.3 Å². The summed E-state index contributed by atoms with van der Waals surface area (Å²) >= 11 is 1.53. The highest BCUT2D eigenvalue weighted by molar-refractivity contribution is 7.13. The van der Waals surface area contributed by atoms with E-state index in [1.165, 1.54) is 11.3 Å². The van der Waals surface area contributed by atoms with Gasteiger partial charge in [0.15, 0.2) is 0 Å². The Bertz CT molecular complexity index is 801. The number of carbonyl (C=O) groups is 1. The van der Waals surface area contributed by atoms with E-state index in [0.717, 1.165) is 27.7 Å². The van der Waals surface area contributed by atoms with E-state index in [-0.39, 0.29) is 12.3 Å². The molecule has 0 radical (unpaired) electrons. The number of rotatable bonds is 6. The third-order valence-electron chi connectivity index (χ3n) is 3.42. The van der Waals surface area contributed by atoms with Crippen molar-refractivity contribution in [1.29, 1.82) is 0 Å². The van der Waals surface area contributed by atoms with Crippen LogP contribution in [0.25, 0.3) is 10.6 Å². The van der Waals surface area contributed by atoms with E-state index in [9.17, 15) is 4.79 Å². The van der Waals surface area contributed by atoms with Crippen molar-refractivity contribution in [3.63, 3.8) is 0 Å². The highest BCUT2D eigenvalue weighted by atomic mass is 32.1. The molecule has 0 bridgehead atoms. The van der Waals surface area contributed by atoms with Gasteiger partial charge in [0.1, 0.15) is 10.8 Å². The summed E-state index contributed by atoms with van der Waals surface area (Å²) in [5, 5.41) is 5.67. The molecule has 0 fully saturated rings. The molecule has 2 heterocycles. The van der Waals surface area contributed by atoms with Crippen LogP contribution in [0.4, 0.5) is 0 Å². The smallest absolute Gasteiger partial charge is 0.226 e. The number of carbonyl (C=O) groups excluding carboxylic acids is 1. The molecule has 1 N–H and O–H groups in total. The first-order valence-corrected chi connectivity index (χ1v) is 8.38. The minimum absolute atomic E-state index is 0.0627. The van der Waals surface area contributed by atoms with Gasteiger partial charge in [-0.1, -0.05) is 6.07 Å². The number of nitrogens with one attached hydrogen (secondary N) is 1. The molecular formula is C18H17N3O2S. The Balaban J connectivity index is 1.58. The Morgan fingerprint density at radius 1 is 1.17 bits per heavy atom. The van der Waals surface area contributed by atoms with Crippen LogP contribution in [0.2, 0.25) is 0 Å². The summed E-state index contributed by atoms with van der Waals surface area (Å²) in [5.41, 5.74) is 2.62. The van der Waals surface area contributed by atoms with Crippen LogP contribution in [0.1, 0.15) is 11.4 Å². The minimum atomic E-state index is -0.0627. The summed E-state index contributed by atoms with van der Waals surface area (Å²) in [7, 11) is 1.64. The van der Waals surface area contributed by atoms with E-state index in [4.69, 9.17) is 4.74 Å². The molecule has 6 heteroatoms. The van der Waals surface area contributed by atoms with E-state index >= 15 is 0 Å². The van der Waals surface area contributed by atoms with E-state index in [1.807, 2.05) is 47.8 Å². The van der Waals surface area contributed by atoms with Crippen LogP contribution in [0, 0.1) is 0 Å². The van der Waals surface area contributed by atoms with Crippen LogP contribution in [-0.2, 0) is 17.8 Å². The maximum atomic E-state index is 12.0. The van der Waals surface area contributed by atoms with Gasteiger partial charge in [-0.15, -0.1) is 11.3 Å². The largest absolute Gasteiger partial charge is 0.497 e. The van der Waals surface area contributed by atoms with Gasteiger partial charge in [-0.05, 0) is 36.4 Å². The standard InChI is InChI=1S/C18H17N3O2S/c1-23-16-7-5-13(6-8-16)18-21-15(12-24-18)10-17(22)20-11-14-4-2-3-9-19-14/h2-9,12H,10-11H2,1H3,(H,20,22). The quantitative estimate of drug-likeness (QED) is 0.750. The lowest BCUT2D eigenvalue weighted by atomic mass is 10.2. The number of thiazole rings is 1. The maximum absolute atomic E-state index is 12.0. The molecule has 122 valence electrons. The first kappa shape index (κ1) is 16.1. The highest BCUT2D eigenvalue weighted by Crippen LogP contribution is 2.25. The molecule has 0 aliphatic heterocycles. The number of methoxy groups -OCH3 is 1. The second-order valence-corrected chi connectivity index (χ2v) is 6.01. The Labute approximate surface area is 144 Å². The molecule has 0 atom stereocenters. The maximum Gasteiger partial charge on any atom is 0.226 e. The molecule has 1 amide bonds. The molecule has 1 aromatic carbocycles. The normalized spacial score (nSPS) is 10.4. The summed E-state index contributed by atoms with van der Waals surface area (Å²) in [4.78, 5) is 20.7.